The van der Waals surface area contributed by atoms with Crippen LogP contribution in [0.25, 0.3) is 0 Å². The fraction of sp³-hybridized carbons (Fsp3) is 0.571. The van der Waals surface area contributed by atoms with Gasteiger partial charge in [-0.25, -0.2) is 0 Å². The molecule has 14 heavy (non-hydrogen) atoms. The van der Waals surface area contributed by atoms with Crippen molar-refractivity contribution in [2.45, 2.75) is 54.4 Å². The van der Waals surface area contributed by atoms with Crippen LogP contribution in [0.4, 0.5) is 0 Å². The van der Waals surface area contributed by atoms with Gasteiger partial charge in [0.05, 0.1) is 0 Å². The Bertz CT molecular complexity index is 282. The minimum Gasteiger partial charge on any atom is -0.0683 e. The fourth-order valence-electron chi connectivity index (χ4n) is 1.67. The van der Waals surface area contributed by atoms with Gasteiger partial charge in [0, 0.05) is 0 Å². The lowest BCUT2D eigenvalue weighted by Crippen LogP contribution is -1.95. The molecule has 80 valence electrons. The Morgan fingerprint density at radius 2 is 1.43 bits per heavy atom. The van der Waals surface area contributed by atoms with Gasteiger partial charge in [0.15, 0.2) is 0 Å². The Morgan fingerprint density at radius 1 is 0.929 bits per heavy atom. The van der Waals surface area contributed by atoms with Gasteiger partial charge in [-0.2, -0.15) is 0 Å². The van der Waals surface area contributed by atoms with Crippen LogP contribution in [0.5, 0.6) is 0 Å². The average molecular weight is 192 g/mol. The van der Waals surface area contributed by atoms with E-state index < -0.39 is 0 Å². The van der Waals surface area contributed by atoms with Crippen molar-refractivity contribution in [2.24, 2.45) is 0 Å². The first-order valence-corrected chi connectivity index (χ1v) is 5.60. The molecule has 0 N–H and O–H groups in total. The predicted molar refractivity (Wildman–Crippen MR) is 66.1 cm³/mol. The van der Waals surface area contributed by atoms with Crippen molar-refractivity contribution in [3.05, 3.63) is 34.4 Å². The third-order valence-electron chi connectivity index (χ3n) is 2.47. The van der Waals surface area contributed by atoms with Crippen LogP contribution in [0.15, 0.2) is 12.1 Å². The standard InChI is InChI=1S/C12H18.C2H6/c1-8(2)12-7-9(3)6-10(4)11(12)5;1-2/h6-8H,1-5H3;1-2H3. The summed E-state index contributed by atoms with van der Waals surface area (Å²) >= 11 is 0. The van der Waals surface area contributed by atoms with Crippen LogP contribution < -0.4 is 0 Å². The van der Waals surface area contributed by atoms with Crippen molar-refractivity contribution in [1.82, 2.24) is 0 Å². The third-order valence-corrected chi connectivity index (χ3v) is 2.47. The van der Waals surface area contributed by atoms with Crippen LogP contribution in [0, 0.1) is 20.8 Å². The molecule has 0 heterocycles. The van der Waals surface area contributed by atoms with E-state index in [9.17, 15) is 0 Å². The SMILES string of the molecule is CC.Cc1cc(C)c(C)c(C(C)C)c1. The average Bonchev–Trinajstić information content (AvgIpc) is 2.14. The van der Waals surface area contributed by atoms with Crippen LogP contribution in [-0.2, 0) is 0 Å². The molecule has 0 radical (unpaired) electrons. The van der Waals surface area contributed by atoms with Gasteiger partial charge in [-0.15, -0.1) is 0 Å². The van der Waals surface area contributed by atoms with E-state index in [1.165, 1.54) is 22.3 Å². The minimum atomic E-state index is 0.642. The Balaban J connectivity index is 0.000000791. The monoisotopic (exact) mass is 192 g/mol. The molecule has 1 rings (SSSR count). The second kappa shape index (κ2) is 5.85. The lowest BCUT2D eigenvalue weighted by atomic mass is 9.93. The van der Waals surface area contributed by atoms with Crippen LogP contribution in [0.3, 0.4) is 0 Å². The summed E-state index contributed by atoms with van der Waals surface area (Å²) in [6, 6.07) is 4.55. The minimum absolute atomic E-state index is 0.642. The summed E-state index contributed by atoms with van der Waals surface area (Å²) in [6.45, 7) is 15.1. The number of rotatable bonds is 1. The summed E-state index contributed by atoms with van der Waals surface area (Å²) in [5, 5.41) is 0. The molecule has 0 bridgehead atoms. The Labute approximate surface area is 89.4 Å². The molecule has 0 aliphatic heterocycles. The number of hydrogen-bond acceptors (Lipinski definition) is 0. The summed E-state index contributed by atoms with van der Waals surface area (Å²) in [4.78, 5) is 0. The van der Waals surface area contributed by atoms with Gasteiger partial charge in [0.2, 0.25) is 0 Å². The van der Waals surface area contributed by atoms with Crippen molar-refractivity contribution in [3.63, 3.8) is 0 Å². The molecule has 0 atom stereocenters. The van der Waals surface area contributed by atoms with E-state index >= 15 is 0 Å². The van der Waals surface area contributed by atoms with Crippen LogP contribution in [0.2, 0.25) is 0 Å². The van der Waals surface area contributed by atoms with Gasteiger partial charge in [-0.1, -0.05) is 45.4 Å². The summed E-state index contributed by atoms with van der Waals surface area (Å²) in [6.07, 6.45) is 0. The second-order valence-corrected chi connectivity index (χ2v) is 3.95. The third kappa shape index (κ3) is 3.17. The van der Waals surface area contributed by atoms with Gasteiger partial charge < -0.3 is 0 Å². The molecule has 0 aliphatic carbocycles. The van der Waals surface area contributed by atoms with E-state index in [0.717, 1.165) is 0 Å². The van der Waals surface area contributed by atoms with Crippen molar-refractivity contribution < 1.29 is 0 Å². The van der Waals surface area contributed by atoms with Crippen molar-refractivity contribution in [3.8, 4) is 0 Å². The van der Waals surface area contributed by atoms with E-state index in [0.29, 0.717) is 5.92 Å². The van der Waals surface area contributed by atoms with Crippen molar-refractivity contribution in [1.29, 1.82) is 0 Å². The molecule has 0 amide bonds. The lowest BCUT2D eigenvalue weighted by Gasteiger charge is -2.13. The molecule has 0 unspecified atom stereocenters. The maximum Gasteiger partial charge on any atom is -0.0216 e. The Kier molecular flexibility index (Phi) is 5.52. The van der Waals surface area contributed by atoms with Gasteiger partial charge in [-0.3, -0.25) is 0 Å². The molecule has 1 aromatic carbocycles. The first-order valence-electron chi connectivity index (χ1n) is 5.60. The molecule has 0 aromatic heterocycles. The van der Waals surface area contributed by atoms with E-state index in [1.807, 2.05) is 13.8 Å². The Morgan fingerprint density at radius 3 is 1.86 bits per heavy atom. The summed E-state index contributed by atoms with van der Waals surface area (Å²) in [5.74, 6) is 0.642. The molecule has 0 saturated heterocycles. The maximum absolute atomic E-state index is 2.30. The highest BCUT2D eigenvalue weighted by Crippen LogP contribution is 2.22. The molecular formula is C14H24. The number of benzene rings is 1. The van der Waals surface area contributed by atoms with Crippen molar-refractivity contribution >= 4 is 0 Å². The first-order chi connectivity index (χ1) is 6.52. The van der Waals surface area contributed by atoms with Gasteiger partial charge in [0.1, 0.15) is 0 Å². The lowest BCUT2D eigenvalue weighted by molar-refractivity contribution is 0.851. The molecule has 0 nitrogen and oxygen atoms in total. The second-order valence-electron chi connectivity index (χ2n) is 3.95. The largest absolute Gasteiger partial charge is 0.0683 e. The summed E-state index contributed by atoms with van der Waals surface area (Å²) < 4.78 is 0. The normalized spacial score (nSPS) is 9.71. The molecule has 0 fully saturated rings. The zero-order chi connectivity index (χ0) is 11.3. The molecule has 0 saturated carbocycles. The molecular weight excluding hydrogens is 168 g/mol. The highest BCUT2D eigenvalue weighted by Gasteiger charge is 2.05. The maximum atomic E-state index is 2.30. The first kappa shape index (κ1) is 13.2. The highest BCUT2D eigenvalue weighted by atomic mass is 14.1. The Hall–Kier alpha value is -0.780. The van der Waals surface area contributed by atoms with E-state index in [1.54, 1.807) is 0 Å². The molecule has 0 aliphatic rings. The fourth-order valence-corrected chi connectivity index (χ4v) is 1.67. The van der Waals surface area contributed by atoms with E-state index in [4.69, 9.17) is 0 Å². The highest BCUT2D eigenvalue weighted by molar-refractivity contribution is 5.38. The quantitative estimate of drug-likeness (QED) is 0.601. The van der Waals surface area contributed by atoms with Crippen LogP contribution >= 0.6 is 0 Å². The van der Waals surface area contributed by atoms with E-state index in [2.05, 4.69) is 46.8 Å². The topological polar surface area (TPSA) is 0 Å². The number of hydrogen-bond donors (Lipinski definition) is 0. The van der Waals surface area contributed by atoms with Gasteiger partial charge >= 0.3 is 0 Å². The summed E-state index contributed by atoms with van der Waals surface area (Å²) in [7, 11) is 0. The van der Waals surface area contributed by atoms with Gasteiger partial charge in [0.25, 0.3) is 0 Å². The van der Waals surface area contributed by atoms with Crippen LogP contribution in [0.1, 0.15) is 55.9 Å². The molecule has 1 aromatic rings. The van der Waals surface area contributed by atoms with Crippen LogP contribution in [-0.4, -0.2) is 0 Å². The zero-order valence-electron chi connectivity index (χ0n) is 10.7. The predicted octanol–water partition coefficient (Wildman–Crippen LogP) is 4.76. The molecule has 0 heteroatoms. The smallest absolute Gasteiger partial charge is 0.0216 e. The molecule has 0 spiro atoms. The van der Waals surface area contributed by atoms with Crippen molar-refractivity contribution in [2.75, 3.05) is 0 Å². The zero-order valence-corrected chi connectivity index (χ0v) is 10.7. The van der Waals surface area contributed by atoms with E-state index in [-0.39, 0.29) is 0 Å². The number of aryl methyl sites for hydroxylation is 2. The summed E-state index contributed by atoms with van der Waals surface area (Å²) in [5.41, 5.74) is 5.74. The van der Waals surface area contributed by atoms with Gasteiger partial charge in [-0.05, 0) is 43.4 Å².